The summed E-state index contributed by atoms with van der Waals surface area (Å²) >= 11 is 7.34. The van der Waals surface area contributed by atoms with E-state index in [0.717, 1.165) is 11.3 Å². The van der Waals surface area contributed by atoms with Gasteiger partial charge in [0.25, 0.3) is 0 Å². The van der Waals surface area contributed by atoms with Crippen molar-refractivity contribution in [1.82, 2.24) is 14.9 Å². The average Bonchev–Trinajstić information content (AvgIpc) is 3.13. The molecule has 0 unspecified atom stereocenters. The van der Waals surface area contributed by atoms with Crippen LogP contribution in [0.15, 0.2) is 71.0 Å². The fraction of sp³-hybridized carbons (Fsp3) is 0.111. The van der Waals surface area contributed by atoms with Crippen LogP contribution in [0.3, 0.4) is 0 Å². The van der Waals surface area contributed by atoms with Gasteiger partial charge in [-0.25, -0.2) is 18.5 Å². The molecule has 0 spiro atoms. The number of carbonyl (C=O) groups excluding carboxylic acids is 1. The third kappa shape index (κ3) is 5.35. The smallest absolute Gasteiger partial charge is 0.238 e. The van der Waals surface area contributed by atoms with Crippen molar-refractivity contribution in [2.75, 3.05) is 5.75 Å². The number of sulfonamides is 1. The zero-order valence-electron chi connectivity index (χ0n) is 14.6. The molecule has 1 aromatic heterocycles. The Morgan fingerprint density at radius 2 is 1.96 bits per heavy atom. The normalized spacial score (nSPS) is 11.4. The van der Waals surface area contributed by atoms with Gasteiger partial charge in [0, 0.05) is 29.6 Å². The molecule has 0 aliphatic carbocycles. The quantitative estimate of drug-likeness (QED) is 0.553. The number of primary sulfonamides is 1. The fourth-order valence-corrected chi connectivity index (χ4v) is 3.90. The molecule has 10 heteroatoms. The number of nitrogens with two attached hydrogens (primary N) is 1. The predicted molar refractivity (Wildman–Crippen MR) is 109 cm³/mol. The molecule has 3 N–H and O–H groups in total. The Morgan fingerprint density at radius 3 is 2.64 bits per heavy atom. The van der Waals surface area contributed by atoms with Crippen LogP contribution in [0.4, 0.5) is 0 Å². The van der Waals surface area contributed by atoms with E-state index in [2.05, 4.69) is 10.3 Å². The summed E-state index contributed by atoms with van der Waals surface area (Å²) in [5, 5.41) is 9.15. The SMILES string of the molecule is NS(=O)(=O)c1ccc(CNC(=O)CSc2nccn2-c2cccc(Cl)c2)cc1. The van der Waals surface area contributed by atoms with Gasteiger partial charge in [0.15, 0.2) is 5.16 Å². The van der Waals surface area contributed by atoms with Crippen molar-refractivity contribution in [2.24, 2.45) is 5.14 Å². The molecule has 146 valence electrons. The van der Waals surface area contributed by atoms with Crippen LogP contribution in [-0.2, 0) is 21.4 Å². The molecular weight excluding hydrogens is 420 g/mol. The first-order chi connectivity index (χ1) is 13.3. The molecule has 1 amide bonds. The number of thioether (sulfide) groups is 1. The predicted octanol–water partition coefficient (Wildman–Crippen LogP) is 2.58. The molecule has 0 fully saturated rings. The van der Waals surface area contributed by atoms with E-state index >= 15 is 0 Å². The zero-order chi connectivity index (χ0) is 20.1. The number of nitrogens with one attached hydrogen (secondary N) is 1. The van der Waals surface area contributed by atoms with Crippen LogP contribution >= 0.6 is 23.4 Å². The lowest BCUT2D eigenvalue weighted by Crippen LogP contribution is -2.24. The molecule has 1 heterocycles. The Bertz CT molecular complexity index is 1080. The van der Waals surface area contributed by atoms with E-state index in [1.807, 2.05) is 22.8 Å². The molecule has 0 atom stereocenters. The highest BCUT2D eigenvalue weighted by molar-refractivity contribution is 7.99. The molecule has 28 heavy (non-hydrogen) atoms. The lowest BCUT2D eigenvalue weighted by atomic mass is 10.2. The second kappa shape index (κ2) is 8.78. The highest BCUT2D eigenvalue weighted by Crippen LogP contribution is 2.22. The van der Waals surface area contributed by atoms with Crippen molar-refractivity contribution < 1.29 is 13.2 Å². The van der Waals surface area contributed by atoms with Crippen LogP contribution in [0.25, 0.3) is 5.69 Å². The molecule has 3 aromatic rings. The first-order valence-corrected chi connectivity index (χ1v) is 11.0. The number of nitrogens with zero attached hydrogens (tertiary/aromatic N) is 2. The first-order valence-electron chi connectivity index (χ1n) is 8.13. The molecule has 0 saturated heterocycles. The molecule has 7 nitrogen and oxygen atoms in total. The second-order valence-corrected chi connectivity index (χ2v) is 8.75. The van der Waals surface area contributed by atoms with E-state index in [1.54, 1.807) is 30.6 Å². The molecule has 0 aliphatic rings. The summed E-state index contributed by atoms with van der Waals surface area (Å²) in [4.78, 5) is 16.4. The van der Waals surface area contributed by atoms with Gasteiger partial charge in [-0.2, -0.15) is 0 Å². The number of carbonyl (C=O) groups is 1. The highest BCUT2D eigenvalue weighted by atomic mass is 35.5. The third-order valence-corrected chi connectivity index (χ3v) is 5.90. The molecule has 3 rings (SSSR count). The molecular formula is C18H17ClN4O3S2. The standard InChI is InChI=1S/C18H17ClN4O3S2/c19-14-2-1-3-15(10-14)23-9-8-21-18(23)27-12-17(24)22-11-13-4-6-16(7-5-13)28(20,25)26/h1-10H,11-12H2,(H,22,24)(H2,20,25,26). The van der Waals surface area contributed by atoms with E-state index in [-0.39, 0.29) is 23.1 Å². The van der Waals surface area contributed by atoms with Crippen molar-refractivity contribution in [3.8, 4) is 5.69 Å². The summed E-state index contributed by atoms with van der Waals surface area (Å²) in [5.74, 6) is 0.0218. The first kappa shape index (κ1) is 20.4. The van der Waals surface area contributed by atoms with Crippen LogP contribution in [0, 0.1) is 0 Å². The number of amides is 1. The summed E-state index contributed by atoms with van der Waals surface area (Å²) in [7, 11) is -3.72. The van der Waals surface area contributed by atoms with Gasteiger partial charge in [-0.1, -0.05) is 41.6 Å². The minimum Gasteiger partial charge on any atom is -0.351 e. The highest BCUT2D eigenvalue weighted by Gasteiger charge is 2.10. The van der Waals surface area contributed by atoms with Gasteiger partial charge < -0.3 is 5.32 Å². The van der Waals surface area contributed by atoms with Crippen LogP contribution in [-0.4, -0.2) is 29.6 Å². The Morgan fingerprint density at radius 1 is 1.21 bits per heavy atom. The fourth-order valence-electron chi connectivity index (χ4n) is 2.40. The summed E-state index contributed by atoms with van der Waals surface area (Å²) in [5.41, 5.74) is 1.63. The summed E-state index contributed by atoms with van der Waals surface area (Å²) in [6, 6.07) is 13.4. The monoisotopic (exact) mass is 436 g/mol. The largest absolute Gasteiger partial charge is 0.351 e. The number of benzene rings is 2. The van der Waals surface area contributed by atoms with E-state index in [4.69, 9.17) is 16.7 Å². The van der Waals surface area contributed by atoms with Gasteiger partial charge >= 0.3 is 0 Å². The van der Waals surface area contributed by atoms with Crippen LogP contribution in [0.1, 0.15) is 5.56 Å². The van der Waals surface area contributed by atoms with Gasteiger partial charge in [-0.15, -0.1) is 0 Å². The van der Waals surface area contributed by atoms with Crippen LogP contribution in [0.5, 0.6) is 0 Å². The van der Waals surface area contributed by atoms with Crippen LogP contribution < -0.4 is 10.5 Å². The number of aromatic nitrogens is 2. The van der Waals surface area contributed by atoms with Crippen molar-refractivity contribution in [3.05, 3.63) is 71.5 Å². The molecule has 2 aromatic carbocycles. The molecule has 0 bridgehead atoms. The van der Waals surface area contributed by atoms with Gasteiger partial charge in [0.2, 0.25) is 15.9 Å². The number of imidazole rings is 1. The Hall–Kier alpha value is -2.33. The Balaban J connectivity index is 1.55. The topological polar surface area (TPSA) is 107 Å². The minimum absolute atomic E-state index is 0.0333. The zero-order valence-corrected chi connectivity index (χ0v) is 17.0. The molecule has 0 radical (unpaired) electrons. The summed E-state index contributed by atoms with van der Waals surface area (Å²) in [6.07, 6.45) is 3.47. The van der Waals surface area contributed by atoms with Gasteiger partial charge in [-0.3, -0.25) is 9.36 Å². The number of hydrogen-bond acceptors (Lipinski definition) is 5. The van der Waals surface area contributed by atoms with Crippen molar-refractivity contribution >= 4 is 39.3 Å². The maximum Gasteiger partial charge on any atom is 0.238 e. The van der Waals surface area contributed by atoms with E-state index in [0.29, 0.717) is 10.2 Å². The van der Waals surface area contributed by atoms with Gasteiger partial charge in [-0.05, 0) is 35.9 Å². The molecule has 0 aliphatic heterocycles. The Labute approximate surface area is 172 Å². The maximum absolute atomic E-state index is 12.1. The summed E-state index contributed by atoms with van der Waals surface area (Å²) in [6.45, 7) is 0.285. The molecule has 0 saturated carbocycles. The lowest BCUT2D eigenvalue weighted by molar-refractivity contribution is -0.118. The Kier molecular flexibility index (Phi) is 6.40. The van der Waals surface area contributed by atoms with Crippen molar-refractivity contribution in [1.29, 1.82) is 0 Å². The minimum atomic E-state index is -3.72. The van der Waals surface area contributed by atoms with E-state index in [1.165, 1.54) is 23.9 Å². The maximum atomic E-state index is 12.1. The van der Waals surface area contributed by atoms with Crippen LogP contribution in [0.2, 0.25) is 5.02 Å². The number of rotatable bonds is 7. The van der Waals surface area contributed by atoms with E-state index in [9.17, 15) is 13.2 Å². The lowest BCUT2D eigenvalue weighted by Gasteiger charge is -2.08. The third-order valence-electron chi connectivity index (χ3n) is 3.77. The van der Waals surface area contributed by atoms with Gasteiger partial charge in [0.05, 0.1) is 10.6 Å². The average molecular weight is 437 g/mol. The number of hydrogen-bond donors (Lipinski definition) is 2. The second-order valence-electron chi connectivity index (χ2n) is 5.81. The van der Waals surface area contributed by atoms with E-state index < -0.39 is 10.0 Å². The van der Waals surface area contributed by atoms with Crippen molar-refractivity contribution in [3.63, 3.8) is 0 Å². The number of halogens is 1. The van der Waals surface area contributed by atoms with Gasteiger partial charge in [0.1, 0.15) is 0 Å². The van der Waals surface area contributed by atoms with Crippen molar-refractivity contribution in [2.45, 2.75) is 16.6 Å². The summed E-state index contributed by atoms with van der Waals surface area (Å²) < 4.78 is 24.4.